The molecule has 5 nitrogen and oxygen atoms in total. The van der Waals surface area contributed by atoms with Crippen molar-refractivity contribution in [2.24, 2.45) is 0 Å². The van der Waals surface area contributed by atoms with Crippen LogP contribution in [0.4, 0.5) is 5.69 Å². The van der Waals surface area contributed by atoms with Crippen molar-refractivity contribution in [1.29, 1.82) is 0 Å². The number of rotatable bonds is 9. The van der Waals surface area contributed by atoms with E-state index in [0.29, 0.717) is 19.8 Å². The third kappa shape index (κ3) is 4.88. The van der Waals surface area contributed by atoms with Crippen molar-refractivity contribution in [3.05, 3.63) is 48.0 Å². The first-order chi connectivity index (χ1) is 10.3. The van der Waals surface area contributed by atoms with Gasteiger partial charge in [0.1, 0.15) is 5.82 Å². The van der Waals surface area contributed by atoms with E-state index >= 15 is 0 Å². The molecule has 0 saturated heterocycles. The molecule has 114 valence electrons. The summed E-state index contributed by atoms with van der Waals surface area (Å²) in [7, 11) is 1.67. The maximum atomic E-state index is 5.53. The fourth-order valence-electron chi connectivity index (χ4n) is 2.08. The maximum absolute atomic E-state index is 5.53. The minimum absolute atomic E-state index is 0.600. The van der Waals surface area contributed by atoms with Gasteiger partial charge < -0.3 is 19.4 Å². The van der Waals surface area contributed by atoms with Crippen LogP contribution in [0, 0.1) is 0 Å². The number of aryl methyl sites for hydroxylation is 1. The number of anilines is 1. The van der Waals surface area contributed by atoms with Crippen molar-refractivity contribution in [1.82, 2.24) is 9.55 Å². The van der Waals surface area contributed by atoms with E-state index in [1.165, 1.54) is 0 Å². The molecule has 2 aromatic rings. The summed E-state index contributed by atoms with van der Waals surface area (Å²) in [5.41, 5.74) is 2.23. The summed E-state index contributed by atoms with van der Waals surface area (Å²) >= 11 is 0. The molecule has 0 radical (unpaired) electrons. The number of methoxy groups -OCH3 is 1. The average molecular weight is 289 g/mol. The van der Waals surface area contributed by atoms with Gasteiger partial charge in [0.05, 0.1) is 26.4 Å². The van der Waals surface area contributed by atoms with Gasteiger partial charge in [-0.2, -0.15) is 0 Å². The molecule has 0 fully saturated rings. The standard InChI is InChI=1S/C16H23N3O2/c1-3-19-8-7-17-16(19)12-18-15-6-4-5-14(11-15)13-21-10-9-20-2/h4-8,11,18H,3,9-10,12-13H2,1-2H3. The predicted molar refractivity (Wildman–Crippen MR) is 83.2 cm³/mol. The highest BCUT2D eigenvalue weighted by atomic mass is 16.5. The summed E-state index contributed by atoms with van der Waals surface area (Å²) in [6.45, 7) is 5.60. The van der Waals surface area contributed by atoms with Gasteiger partial charge in [0.25, 0.3) is 0 Å². The monoisotopic (exact) mass is 289 g/mol. The number of nitrogens with zero attached hydrogens (tertiary/aromatic N) is 2. The minimum Gasteiger partial charge on any atom is -0.382 e. The molecule has 0 spiro atoms. The number of nitrogens with one attached hydrogen (secondary N) is 1. The molecule has 5 heteroatoms. The van der Waals surface area contributed by atoms with Crippen LogP contribution in [-0.2, 0) is 29.2 Å². The number of benzene rings is 1. The Morgan fingerprint density at radius 3 is 3.00 bits per heavy atom. The highest BCUT2D eigenvalue weighted by Gasteiger charge is 2.01. The topological polar surface area (TPSA) is 48.3 Å². The van der Waals surface area contributed by atoms with Crippen molar-refractivity contribution in [2.75, 3.05) is 25.6 Å². The fourth-order valence-corrected chi connectivity index (χ4v) is 2.08. The molecule has 0 saturated carbocycles. The van der Waals surface area contributed by atoms with Crippen LogP contribution in [0.1, 0.15) is 18.3 Å². The second-order valence-electron chi connectivity index (χ2n) is 4.73. The lowest BCUT2D eigenvalue weighted by molar-refractivity contribution is 0.0617. The molecule has 0 bridgehead atoms. The lowest BCUT2D eigenvalue weighted by atomic mass is 10.2. The summed E-state index contributed by atoms with van der Waals surface area (Å²) in [5, 5.41) is 3.40. The van der Waals surface area contributed by atoms with Crippen LogP contribution in [0.3, 0.4) is 0 Å². The molecule has 2 rings (SSSR count). The smallest absolute Gasteiger partial charge is 0.128 e. The van der Waals surface area contributed by atoms with Crippen LogP contribution in [0.2, 0.25) is 0 Å². The summed E-state index contributed by atoms with van der Waals surface area (Å²) in [4.78, 5) is 4.36. The molecule has 21 heavy (non-hydrogen) atoms. The SMILES string of the molecule is CCn1ccnc1CNc1cccc(COCCOC)c1. The van der Waals surface area contributed by atoms with E-state index in [1.807, 2.05) is 18.5 Å². The fraction of sp³-hybridized carbons (Fsp3) is 0.438. The molecule has 0 amide bonds. The molecule has 1 N–H and O–H groups in total. The molecule has 1 aromatic heterocycles. The first-order valence-electron chi connectivity index (χ1n) is 7.23. The number of ether oxygens (including phenoxy) is 2. The minimum atomic E-state index is 0.600. The number of imidazole rings is 1. The Balaban J connectivity index is 1.86. The Bertz CT molecular complexity index is 540. The maximum Gasteiger partial charge on any atom is 0.128 e. The zero-order valence-electron chi connectivity index (χ0n) is 12.7. The Hall–Kier alpha value is -1.85. The zero-order valence-corrected chi connectivity index (χ0v) is 12.7. The van der Waals surface area contributed by atoms with Crippen molar-refractivity contribution in [3.8, 4) is 0 Å². The van der Waals surface area contributed by atoms with Crippen LogP contribution < -0.4 is 5.32 Å². The van der Waals surface area contributed by atoms with Gasteiger partial charge in [0, 0.05) is 31.7 Å². The Morgan fingerprint density at radius 2 is 2.19 bits per heavy atom. The quantitative estimate of drug-likeness (QED) is 0.721. The second-order valence-corrected chi connectivity index (χ2v) is 4.73. The van der Waals surface area contributed by atoms with E-state index < -0.39 is 0 Å². The number of hydrogen-bond acceptors (Lipinski definition) is 4. The van der Waals surface area contributed by atoms with Gasteiger partial charge in [-0.1, -0.05) is 12.1 Å². The lowest BCUT2D eigenvalue weighted by Crippen LogP contribution is -2.08. The van der Waals surface area contributed by atoms with Gasteiger partial charge in [-0.25, -0.2) is 4.98 Å². The van der Waals surface area contributed by atoms with Crippen LogP contribution in [0.5, 0.6) is 0 Å². The molecule has 1 heterocycles. The van der Waals surface area contributed by atoms with Gasteiger partial charge in [-0.15, -0.1) is 0 Å². The number of hydrogen-bond donors (Lipinski definition) is 1. The van der Waals surface area contributed by atoms with E-state index in [1.54, 1.807) is 7.11 Å². The first kappa shape index (κ1) is 15.5. The zero-order chi connectivity index (χ0) is 14.9. The predicted octanol–water partition coefficient (Wildman–Crippen LogP) is 2.68. The molecule has 0 atom stereocenters. The van der Waals surface area contributed by atoms with Crippen molar-refractivity contribution < 1.29 is 9.47 Å². The molecular weight excluding hydrogens is 266 g/mol. The summed E-state index contributed by atoms with van der Waals surface area (Å²) in [6.07, 6.45) is 3.83. The van der Waals surface area contributed by atoms with Crippen LogP contribution >= 0.6 is 0 Å². The van der Waals surface area contributed by atoms with Crippen molar-refractivity contribution in [2.45, 2.75) is 26.6 Å². The van der Waals surface area contributed by atoms with Crippen LogP contribution in [0.25, 0.3) is 0 Å². The molecular formula is C16H23N3O2. The largest absolute Gasteiger partial charge is 0.382 e. The van der Waals surface area contributed by atoms with Crippen molar-refractivity contribution in [3.63, 3.8) is 0 Å². The van der Waals surface area contributed by atoms with Gasteiger partial charge in [0.2, 0.25) is 0 Å². The lowest BCUT2D eigenvalue weighted by Gasteiger charge is -2.10. The van der Waals surface area contributed by atoms with E-state index in [-0.39, 0.29) is 0 Å². The molecule has 1 aromatic carbocycles. The highest BCUT2D eigenvalue weighted by molar-refractivity contribution is 5.45. The summed E-state index contributed by atoms with van der Waals surface area (Å²) in [6, 6.07) is 8.25. The Kier molecular flexibility index (Phi) is 6.24. The first-order valence-corrected chi connectivity index (χ1v) is 7.23. The summed E-state index contributed by atoms with van der Waals surface area (Å²) in [5.74, 6) is 1.04. The third-order valence-electron chi connectivity index (χ3n) is 3.22. The van der Waals surface area contributed by atoms with Gasteiger partial charge in [-0.3, -0.25) is 0 Å². The Morgan fingerprint density at radius 1 is 1.29 bits per heavy atom. The number of aromatic nitrogens is 2. The third-order valence-corrected chi connectivity index (χ3v) is 3.22. The van der Waals surface area contributed by atoms with Gasteiger partial charge in [-0.05, 0) is 24.6 Å². The van der Waals surface area contributed by atoms with E-state index in [0.717, 1.165) is 30.2 Å². The van der Waals surface area contributed by atoms with E-state index in [4.69, 9.17) is 9.47 Å². The van der Waals surface area contributed by atoms with E-state index in [9.17, 15) is 0 Å². The van der Waals surface area contributed by atoms with E-state index in [2.05, 4.69) is 40.0 Å². The molecule has 0 aliphatic rings. The summed E-state index contributed by atoms with van der Waals surface area (Å²) < 4.78 is 12.6. The second kappa shape index (κ2) is 8.44. The Labute approximate surface area is 125 Å². The van der Waals surface area contributed by atoms with Gasteiger partial charge in [0.15, 0.2) is 0 Å². The molecule has 0 unspecified atom stereocenters. The van der Waals surface area contributed by atoms with Crippen molar-refractivity contribution >= 4 is 5.69 Å². The highest BCUT2D eigenvalue weighted by Crippen LogP contribution is 2.13. The normalized spacial score (nSPS) is 10.8. The van der Waals surface area contributed by atoms with Crippen LogP contribution in [0.15, 0.2) is 36.7 Å². The van der Waals surface area contributed by atoms with Crippen LogP contribution in [-0.4, -0.2) is 29.9 Å². The molecule has 0 aliphatic carbocycles. The molecule has 0 aliphatic heterocycles. The van der Waals surface area contributed by atoms with Gasteiger partial charge >= 0.3 is 0 Å². The average Bonchev–Trinajstić information content (AvgIpc) is 2.97.